The summed E-state index contributed by atoms with van der Waals surface area (Å²) in [5.41, 5.74) is 4.36. The highest BCUT2D eigenvalue weighted by Gasteiger charge is 2.51. The Balaban J connectivity index is 1.02. The van der Waals surface area contributed by atoms with Crippen LogP contribution < -0.4 is 37.3 Å². The van der Waals surface area contributed by atoms with E-state index < -0.39 is 64.1 Å². The number of piperazine rings is 1. The van der Waals surface area contributed by atoms with Crippen LogP contribution in [0.4, 0.5) is 25.4 Å². The molecular formula is C42H49FN8O9S. The number of halogens is 1. The minimum Gasteiger partial charge on any atom is -0.477 e. The Hall–Kier alpha value is -6.50. The van der Waals surface area contributed by atoms with Crippen LogP contribution in [0.2, 0.25) is 0 Å². The van der Waals surface area contributed by atoms with E-state index >= 15 is 4.39 Å². The average molecular weight is 861 g/mol. The van der Waals surface area contributed by atoms with Gasteiger partial charge in [0.2, 0.25) is 23.2 Å². The van der Waals surface area contributed by atoms with Gasteiger partial charge in [-0.15, -0.1) is 11.3 Å². The molecule has 324 valence electrons. The third-order valence-electron chi connectivity index (χ3n) is 11.2. The van der Waals surface area contributed by atoms with Crippen molar-refractivity contribution in [1.29, 1.82) is 0 Å². The van der Waals surface area contributed by atoms with Crippen LogP contribution in [0.5, 0.6) is 0 Å². The molecule has 1 aliphatic heterocycles. The lowest BCUT2D eigenvalue weighted by molar-refractivity contribution is -0.151. The maximum Gasteiger partial charge on any atom is 0.410 e. The van der Waals surface area contributed by atoms with Crippen molar-refractivity contribution < 1.29 is 43.0 Å². The topological polar surface area (TPSA) is 234 Å². The minimum absolute atomic E-state index is 0.0279. The number of aromatic nitrogens is 1. The minimum atomic E-state index is -1.39. The Morgan fingerprint density at radius 1 is 1.00 bits per heavy atom. The number of carboxylic acids is 1. The summed E-state index contributed by atoms with van der Waals surface area (Å²) in [6, 6.07) is 10.9. The Kier molecular flexibility index (Phi) is 13.9. The monoisotopic (exact) mass is 860 g/mol. The molecule has 6 rings (SSSR count). The number of nitrogens with zero attached hydrogens (tertiary/aromatic N) is 3. The summed E-state index contributed by atoms with van der Waals surface area (Å²) in [6.07, 6.45) is 2.52. The molecule has 0 spiro atoms. The van der Waals surface area contributed by atoms with Crippen molar-refractivity contribution >= 4 is 69.4 Å². The van der Waals surface area contributed by atoms with Crippen molar-refractivity contribution in [2.45, 2.75) is 71.2 Å². The molecule has 2 aromatic heterocycles. The van der Waals surface area contributed by atoms with Gasteiger partial charge in [-0.2, -0.15) is 0 Å². The first-order valence-electron chi connectivity index (χ1n) is 20.1. The van der Waals surface area contributed by atoms with Crippen LogP contribution in [-0.4, -0.2) is 89.2 Å². The Morgan fingerprint density at radius 2 is 1.70 bits per heavy atom. The van der Waals surface area contributed by atoms with E-state index in [9.17, 15) is 38.7 Å². The van der Waals surface area contributed by atoms with Crippen LogP contribution in [0, 0.1) is 11.2 Å². The van der Waals surface area contributed by atoms with Gasteiger partial charge in [0.05, 0.1) is 17.2 Å². The van der Waals surface area contributed by atoms with E-state index in [-0.39, 0.29) is 62.9 Å². The lowest BCUT2D eigenvalue weighted by atomic mass is 9.67. The standard InChI is InChI=1S/C42H49FN8O9S/c1-3-49-23-29(37(54)55)35(52)28-21-30(43)33(22-32(28)49)50-16-18-51(19-17-50)41(59)60-24-26-9-11-27(12-10-26)47-36(53)31(7-4-15-45-40(44)58)48-39(57)42(13-6-14-42)38(56)46-25(2)34-8-5-20-61-34/h5,8-12,20-23,25,31H,3-4,6-7,13-19,24H2,1-2H3,(H,46,56)(H,47,53)(H,48,57)(H,54,55)(H3,44,45,58)/t25-,31+/m1/s1. The van der Waals surface area contributed by atoms with Gasteiger partial charge in [0.1, 0.15) is 29.4 Å². The second-order valence-corrected chi connectivity index (χ2v) is 16.1. The van der Waals surface area contributed by atoms with Crippen LogP contribution >= 0.6 is 11.3 Å². The summed E-state index contributed by atoms with van der Waals surface area (Å²) in [7, 11) is 0. The molecule has 1 saturated carbocycles. The van der Waals surface area contributed by atoms with Gasteiger partial charge in [-0.1, -0.05) is 24.6 Å². The number of carbonyl (C=O) groups is 6. The fourth-order valence-electron chi connectivity index (χ4n) is 7.45. The van der Waals surface area contributed by atoms with Crippen molar-refractivity contribution in [3.8, 4) is 0 Å². The van der Waals surface area contributed by atoms with E-state index in [1.807, 2.05) is 24.4 Å². The maximum atomic E-state index is 15.3. The predicted octanol–water partition coefficient (Wildman–Crippen LogP) is 4.30. The van der Waals surface area contributed by atoms with Crippen molar-refractivity contribution in [2.75, 3.05) is 42.9 Å². The van der Waals surface area contributed by atoms with Gasteiger partial charge in [-0.3, -0.25) is 19.2 Å². The van der Waals surface area contributed by atoms with Crippen LogP contribution in [0.3, 0.4) is 0 Å². The van der Waals surface area contributed by atoms with Gasteiger partial charge in [0.25, 0.3) is 0 Å². The number of aryl methyl sites for hydroxylation is 1. The highest BCUT2D eigenvalue weighted by atomic mass is 32.1. The molecule has 4 aromatic rings. The molecule has 2 atom stereocenters. The quantitative estimate of drug-likeness (QED) is 0.0691. The Bertz CT molecular complexity index is 2340. The number of nitrogens with two attached hydrogens (primary N) is 1. The predicted molar refractivity (Wildman–Crippen MR) is 226 cm³/mol. The summed E-state index contributed by atoms with van der Waals surface area (Å²) in [5.74, 6) is -3.53. The molecule has 1 saturated heterocycles. The first-order valence-corrected chi connectivity index (χ1v) is 20.9. The number of pyridine rings is 1. The number of thiophene rings is 1. The third kappa shape index (κ3) is 10.1. The molecule has 0 bridgehead atoms. The number of ether oxygens (including phenoxy) is 1. The van der Waals surface area contributed by atoms with E-state index in [1.54, 1.807) is 40.7 Å². The molecule has 3 heterocycles. The van der Waals surface area contributed by atoms with Gasteiger partial charge in [-0.05, 0) is 80.8 Å². The van der Waals surface area contributed by atoms with Crippen LogP contribution in [0.25, 0.3) is 10.9 Å². The number of hydrogen-bond donors (Lipinski definition) is 6. The molecule has 6 amide bonds. The number of carbonyl (C=O) groups excluding carboxylic acids is 5. The van der Waals surface area contributed by atoms with E-state index in [1.165, 1.54) is 28.5 Å². The highest BCUT2D eigenvalue weighted by molar-refractivity contribution is 7.10. The zero-order valence-electron chi connectivity index (χ0n) is 33.8. The molecule has 1 aliphatic carbocycles. The molecule has 7 N–H and O–H groups in total. The zero-order chi connectivity index (χ0) is 43.8. The summed E-state index contributed by atoms with van der Waals surface area (Å²) < 4.78 is 22.5. The third-order valence-corrected chi connectivity index (χ3v) is 12.2. The molecule has 19 heteroatoms. The van der Waals surface area contributed by atoms with Gasteiger partial charge in [-0.25, -0.2) is 18.8 Å². The smallest absolute Gasteiger partial charge is 0.410 e. The number of rotatable bonds is 16. The van der Waals surface area contributed by atoms with Crippen LogP contribution in [0.15, 0.2) is 64.9 Å². The average Bonchev–Trinajstić information content (AvgIpc) is 3.77. The second-order valence-electron chi connectivity index (χ2n) is 15.1. The molecule has 2 fully saturated rings. The molecule has 0 radical (unpaired) electrons. The van der Waals surface area contributed by atoms with Gasteiger partial charge in [0, 0.05) is 61.4 Å². The number of carboxylic acid groups (broad SMARTS) is 1. The van der Waals surface area contributed by atoms with Crippen LogP contribution in [-0.2, 0) is 32.3 Å². The normalized spacial score (nSPS) is 15.5. The first kappa shape index (κ1) is 44.1. The number of aromatic carboxylic acids is 1. The molecule has 2 aromatic carbocycles. The van der Waals surface area contributed by atoms with E-state index in [2.05, 4.69) is 21.3 Å². The van der Waals surface area contributed by atoms with Gasteiger partial charge >= 0.3 is 18.1 Å². The Morgan fingerprint density at radius 3 is 2.31 bits per heavy atom. The lowest BCUT2D eigenvalue weighted by Gasteiger charge is -2.40. The number of fused-ring (bicyclic) bond motifs is 1. The van der Waals surface area contributed by atoms with Crippen molar-refractivity contribution in [1.82, 2.24) is 25.4 Å². The zero-order valence-corrected chi connectivity index (χ0v) is 34.6. The fraction of sp³-hybridized carbons (Fsp3) is 0.405. The molecule has 17 nitrogen and oxygen atoms in total. The van der Waals surface area contributed by atoms with E-state index in [0.717, 1.165) is 10.9 Å². The molecule has 61 heavy (non-hydrogen) atoms. The second kappa shape index (κ2) is 19.3. The largest absolute Gasteiger partial charge is 0.477 e. The number of nitrogens with one attached hydrogen (secondary N) is 4. The molecular weight excluding hydrogens is 812 g/mol. The summed E-state index contributed by atoms with van der Waals surface area (Å²) in [5, 5.41) is 22.3. The van der Waals surface area contributed by atoms with E-state index in [4.69, 9.17) is 10.5 Å². The van der Waals surface area contributed by atoms with E-state index in [0.29, 0.717) is 49.0 Å². The van der Waals surface area contributed by atoms with Crippen molar-refractivity contribution in [3.63, 3.8) is 0 Å². The Labute approximate surface area is 354 Å². The number of hydrogen-bond acceptors (Lipinski definition) is 10. The molecule has 0 unspecified atom stereocenters. The summed E-state index contributed by atoms with van der Waals surface area (Å²) in [4.78, 5) is 93.5. The number of primary amides is 1. The fourth-order valence-corrected chi connectivity index (χ4v) is 8.18. The molecule has 2 aliphatic rings. The first-order chi connectivity index (χ1) is 29.2. The van der Waals surface area contributed by atoms with Crippen molar-refractivity contribution in [2.24, 2.45) is 11.1 Å². The van der Waals surface area contributed by atoms with Gasteiger partial charge < -0.3 is 51.2 Å². The summed E-state index contributed by atoms with van der Waals surface area (Å²) in [6.45, 7) is 5.12. The SMILES string of the molecule is CCn1cc(C(=O)O)c(=O)c2cc(F)c(N3CCN(C(=O)OCc4ccc(NC(=O)[C@H](CCCNC(N)=O)NC(=O)C5(C(=O)N[C@H](C)c6cccs6)CCC5)cc4)CC3)cc21. The van der Waals surface area contributed by atoms with Crippen molar-refractivity contribution in [3.05, 3.63) is 92.2 Å². The number of urea groups is 1. The number of anilines is 2. The maximum absolute atomic E-state index is 15.3. The van der Waals surface area contributed by atoms with Gasteiger partial charge in [0.15, 0.2) is 0 Å². The summed E-state index contributed by atoms with van der Waals surface area (Å²) >= 11 is 1.50. The van der Waals surface area contributed by atoms with Crippen LogP contribution in [0.1, 0.15) is 72.8 Å². The lowest BCUT2D eigenvalue weighted by Crippen LogP contribution is -2.58. The highest BCUT2D eigenvalue weighted by Crippen LogP contribution is 2.42. The number of amides is 6. The number of benzene rings is 2.